The Balaban J connectivity index is 2.51. The van der Waals surface area contributed by atoms with E-state index in [1.54, 1.807) is 13.1 Å². The lowest BCUT2D eigenvalue weighted by Gasteiger charge is -2.06. The monoisotopic (exact) mass is 201 g/mol. The molecule has 1 N–H and O–H groups in total. The smallest absolute Gasteiger partial charge is 0.310 e. The highest BCUT2D eigenvalue weighted by Crippen LogP contribution is 2.19. The summed E-state index contributed by atoms with van der Waals surface area (Å²) in [5.41, 5.74) is 1.63. The number of nitrogens with zero attached hydrogens (tertiary/aromatic N) is 1. The number of para-hydroxylation sites is 1. The number of benzene rings is 1. The minimum absolute atomic E-state index is 0.512. The molecular weight excluding hydrogens is 190 g/mol. The maximum Gasteiger partial charge on any atom is 0.310 e. The van der Waals surface area contributed by atoms with Crippen molar-refractivity contribution in [3.8, 4) is 0 Å². The summed E-state index contributed by atoms with van der Waals surface area (Å²) < 4.78 is 0. The van der Waals surface area contributed by atoms with Crippen molar-refractivity contribution < 1.29 is 9.90 Å². The van der Waals surface area contributed by atoms with Crippen LogP contribution in [0.5, 0.6) is 0 Å². The molecule has 0 aliphatic heterocycles. The number of hydrogen-bond acceptors (Lipinski definition) is 2. The summed E-state index contributed by atoms with van der Waals surface area (Å²) in [6.07, 6.45) is 1.63. The molecule has 1 aromatic carbocycles. The highest BCUT2D eigenvalue weighted by Gasteiger charge is 2.13. The predicted molar refractivity (Wildman–Crippen MR) is 57.8 cm³/mol. The van der Waals surface area contributed by atoms with Gasteiger partial charge >= 0.3 is 5.97 Å². The van der Waals surface area contributed by atoms with Crippen LogP contribution in [0.1, 0.15) is 18.4 Å². The van der Waals surface area contributed by atoms with Crippen molar-refractivity contribution in [2.24, 2.45) is 0 Å². The van der Waals surface area contributed by atoms with Gasteiger partial charge in [0.25, 0.3) is 0 Å². The first-order valence-corrected chi connectivity index (χ1v) is 4.76. The zero-order valence-electron chi connectivity index (χ0n) is 8.34. The van der Waals surface area contributed by atoms with E-state index in [1.165, 1.54) is 0 Å². The van der Waals surface area contributed by atoms with Gasteiger partial charge in [0.05, 0.1) is 11.4 Å². The summed E-state index contributed by atoms with van der Waals surface area (Å²) in [5.74, 6) is -1.34. The molecule has 0 bridgehead atoms. The van der Waals surface area contributed by atoms with E-state index < -0.39 is 11.9 Å². The maximum atomic E-state index is 10.8. The van der Waals surface area contributed by atoms with Crippen molar-refractivity contribution in [2.75, 3.05) is 0 Å². The predicted octanol–water partition coefficient (Wildman–Crippen LogP) is 2.42. The third kappa shape index (κ3) is 1.81. The van der Waals surface area contributed by atoms with E-state index in [4.69, 9.17) is 5.11 Å². The zero-order chi connectivity index (χ0) is 10.8. The van der Waals surface area contributed by atoms with Crippen LogP contribution in [0.2, 0.25) is 0 Å². The highest BCUT2D eigenvalue weighted by atomic mass is 16.4. The van der Waals surface area contributed by atoms with Crippen molar-refractivity contribution in [1.82, 2.24) is 4.98 Å². The Morgan fingerprint density at radius 2 is 2.13 bits per heavy atom. The van der Waals surface area contributed by atoms with E-state index in [0.29, 0.717) is 0 Å². The number of carbonyl (C=O) groups is 1. The minimum atomic E-state index is -0.827. The van der Waals surface area contributed by atoms with Crippen LogP contribution in [0.15, 0.2) is 36.5 Å². The van der Waals surface area contributed by atoms with Gasteiger partial charge in [-0.1, -0.05) is 18.2 Å². The Bertz CT molecular complexity index is 508. The largest absolute Gasteiger partial charge is 0.481 e. The van der Waals surface area contributed by atoms with Gasteiger partial charge in [0, 0.05) is 11.6 Å². The number of rotatable bonds is 2. The van der Waals surface area contributed by atoms with Crippen LogP contribution in [0.25, 0.3) is 10.9 Å². The lowest BCUT2D eigenvalue weighted by atomic mass is 10.0. The lowest BCUT2D eigenvalue weighted by Crippen LogP contribution is -2.07. The quantitative estimate of drug-likeness (QED) is 0.811. The number of pyridine rings is 1. The molecule has 0 amide bonds. The van der Waals surface area contributed by atoms with E-state index in [0.717, 1.165) is 16.5 Å². The number of fused-ring (bicyclic) bond motifs is 1. The van der Waals surface area contributed by atoms with Crippen LogP contribution < -0.4 is 0 Å². The first kappa shape index (κ1) is 9.65. The Morgan fingerprint density at radius 3 is 2.87 bits per heavy atom. The Hall–Kier alpha value is -1.90. The molecule has 0 spiro atoms. The van der Waals surface area contributed by atoms with E-state index in [1.807, 2.05) is 30.3 Å². The summed E-state index contributed by atoms with van der Waals surface area (Å²) in [6, 6.07) is 9.54. The third-order valence-electron chi connectivity index (χ3n) is 2.48. The van der Waals surface area contributed by atoms with E-state index in [2.05, 4.69) is 4.98 Å². The van der Waals surface area contributed by atoms with Crippen LogP contribution in [0.4, 0.5) is 0 Å². The van der Waals surface area contributed by atoms with E-state index in [9.17, 15) is 4.79 Å². The molecule has 1 aromatic heterocycles. The van der Waals surface area contributed by atoms with Crippen LogP contribution in [0.3, 0.4) is 0 Å². The van der Waals surface area contributed by atoms with Gasteiger partial charge < -0.3 is 5.11 Å². The average Bonchev–Trinajstić information content (AvgIpc) is 2.27. The number of carboxylic acids is 1. The fourth-order valence-corrected chi connectivity index (χ4v) is 1.47. The second kappa shape index (κ2) is 3.69. The van der Waals surface area contributed by atoms with Gasteiger partial charge in [-0.2, -0.15) is 0 Å². The SMILES string of the molecule is C[C@H](C(=O)O)c1cnc2ccccc2c1. The first-order valence-electron chi connectivity index (χ1n) is 4.76. The summed E-state index contributed by atoms with van der Waals surface area (Å²) in [7, 11) is 0. The zero-order valence-corrected chi connectivity index (χ0v) is 8.34. The number of aromatic nitrogens is 1. The standard InChI is InChI=1S/C12H11NO2/c1-8(12(14)15)10-6-9-4-2-3-5-11(9)13-7-10/h2-8H,1H3,(H,14,15)/t8-/m0/s1. The molecule has 0 saturated heterocycles. The molecule has 76 valence electrons. The summed E-state index contributed by atoms with van der Waals surface area (Å²) in [5, 5.41) is 9.85. The van der Waals surface area contributed by atoms with Gasteiger partial charge in [0.2, 0.25) is 0 Å². The van der Waals surface area contributed by atoms with Gasteiger partial charge in [-0.05, 0) is 24.6 Å². The van der Waals surface area contributed by atoms with Gasteiger partial charge in [-0.25, -0.2) is 0 Å². The summed E-state index contributed by atoms with van der Waals surface area (Å²) in [6.45, 7) is 1.66. The highest BCUT2D eigenvalue weighted by molar-refractivity contribution is 5.81. The molecule has 2 rings (SSSR count). The second-order valence-corrected chi connectivity index (χ2v) is 3.52. The first-order chi connectivity index (χ1) is 7.18. The molecule has 3 heteroatoms. The molecule has 0 unspecified atom stereocenters. The van der Waals surface area contributed by atoms with Crippen molar-refractivity contribution in [3.05, 3.63) is 42.1 Å². The average molecular weight is 201 g/mol. The maximum absolute atomic E-state index is 10.8. The Morgan fingerprint density at radius 1 is 1.40 bits per heavy atom. The summed E-state index contributed by atoms with van der Waals surface area (Å²) >= 11 is 0. The molecule has 2 aromatic rings. The van der Waals surface area contributed by atoms with Crippen molar-refractivity contribution in [1.29, 1.82) is 0 Å². The molecule has 1 heterocycles. The number of carboxylic acid groups (broad SMARTS) is 1. The topological polar surface area (TPSA) is 50.2 Å². The number of aliphatic carboxylic acids is 1. The molecule has 0 aliphatic carbocycles. The second-order valence-electron chi connectivity index (χ2n) is 3.52. The Labute approximate surface area is 87.4 Å². The molecule has 1 atom stereocenters. The molecule has 0 fully saturated rings. The van der Waals surface area contributed by atoms with Crippen molar-refractivity contribution in [3.63, 3.8) is 0 Å². The van der Waals surface area contributed by atoms with Gasteiger partial charge in [-0.3, -0.25) is 9.78 Å². The van der Waals surface area contributed by atoms with Crippen LogP contribution in [-0.4, -0.2) is 16.1 Å². The molecule has 3 nitrogen and oxygen atoms in total. The molecule has 15 heavy (non-hydrogen) atoms. The van der Waals surface area contributed by atoms with Crippen LogP contribution >= 0.6 is 0 Å². The van der Waals surface area contributed by atoms with Crippen LogP contribution in [0, 0.1) is 0 Å². The normalized spacial score (nSPS) is 12.6. The van der Waals surface area contributed by atoms with Crippen molar-refractivity contribution >= 4 is 16.9 Å². The Kier molecular flexibility index (Phi) is 2.37. The fraction of sp³-hybridized carbons (Fsp3) is 0.167. The molecule has 0 saturated carbocycles. The molecule has 0 radical (unpaired) electrons. The summed E-state index contributed by atoms with van der Waals surface area (Å²) in [4.78, 5) is 15.0. The van der Waals surface area contributed by atoms with Gasteiger partial charge in [-0.15, -0.1) is 0 Å². The number of hydrogen-bond donors (Lipinski definition) is 1. The molecular formula is C12H11NO2. The minimum Gasteiger partial charge on any atom is -0.481 e. The molecule has 0 aliphatic rings. The van der Waals surface area contributed by atoms with Gasteiger partial charge in [0.1, 0.15) is 0 Å². The van der Waals surface area contributed by atoms with E-state index >= 15 is 0 Å². The lowest BCUT2D eigenvalue weighted by molar-refractivity contribution is -0.138. The fourth-order valence-electron chi connectivity index (χ4n) is 1.47. The van der Waals surface area contributed by atoms with Crippen LogP contribution in [-0.2, 0) is 4.79 Å². The van der Waals surface area contributed by atoms with Crippen molar-refractivity contribution in [2.45, 2.75) is 12.8 Å². The van der Waals surface area contributed by atoms with E-state index in [-0.39, 0.29) is 0 Å². The van der Waals surface area contributed by atoms with Gasteiger partial charge in [0.15, 0.2) is 0 Å². The third-order valence-corrected chi connectivity index (χ3v) is 2.48.